The van der Waals surface area contributed by atoms with Crippen LogP contribution in [0.25, 0.3) is 22.2 Å². The molecule has 1 N–H and O–H groups in total. The van der Waals surface area contributed by atoms with Gasteiger partial charge in [0.1, 0.15) is 18.1 Å². The average Bonchev–Trinajstić information content (AvgIpc) is 3.24. The summed E-state index contributed by atoms with van der Waals surface area (Å²) >= 11 is 0. The van der Waals surface area contributed by atoms with Crippen LogP contribution < -0.4 is 4.74 Å². The Hall–Kier alpha value is -2.38. The molecule has 0 saturated heterocycles. The van der Waals surface area contributed by atoms with E-state index in [-0.39, 0.29) is 19.8 Å². The van der Waals surface area contributed by atoms with E-state index in [1.54, 1.807) is 30.1 Å². The van der Waals surface area contributed by atoms with Crippen molar-refractivity contribution in [3.63, 3.8) is 0 Å². The van der Waals surface area contributed by atoms with Crippen molar-refractivity contribution in [2.75, 3.05) is 26.3 Å². The summed E-state index contributed by atoms with van der Waals surface area (Å²) in [6.07, 6.45) is 2.74. The van der Waals surface area contributed by atoms with Gasteiger partial charge in [0, 0.05) is 17.1 Å². The van der Waals surface area contributed by atoms with Gasteiger partial charge in [0.2, 0.25) is 0 Å². The second-order valence-corrected chi connectivity index (χ2v) is 5.56. The fourth-order valence-electron chi connectivity index (χ4n) is 2.50. The topological polar surface area (TPSA) is 74.2 Å². The molecule has 0 radical (unpaired) electrons. The van der Waals surface area contributed by atoms with Crippen LogP contribution in [0.3, 0.4) is 0 Å². The number of ether oxygens (including phenoxy) is 3. The molecule has 7 nitrogen and oxygen atoms in total. The molecule has 2 aromatic heterocycles. The van der Waals surface area contributed by atoms with Crippen molar-refractivity contribution >= 4 is 10.9 Å². The van der Waals surface area contributed by atoms with E-state index >= 15 is 0 Å². The molecule has 1 aliphatic rings. The normalized spacial score (nSPS) is 26.1. The van der Waals surface area contributed by atoms with Gasteiger partial charge in [-0.3, -0.25) is 9.78 Å². The van der Waals surface area contributed by atoms with E-state index in [1.807, 2.05) is 12.1 Å². The van der Waals surface area contributed by atoms with Gasteiger partial charge in [-0.1, -0.05) is 0 Å². The van der Waals surface area contributed by atoms with Crippen molar-refractivity contribution in [3.05, 3.63) is 30.6 Å². The van der Waals surface area contributed by atoms with Crippen LogP contribution in [0.4, 0.5) is 0 Å². The van der Waals surface area contributed by atoms with Gasteiger partial charge in [-0.25, -0.2) is 0 Å². The van der Waals surface area contributed by atoms with Crippen LogP contribution in [0.2, 0.25) is 0 Å². The zero-order valence-corrected chi connectivity index (χ0v) is 13.2. The molecule has 0 amide bonds. The summed E-state index contributed by atoms with van der Waals surface area (Å²) in [6.45, 7) is -3.45. The number of hydrogen-bond donors (Lipinski definition) is 1. The lowest BCUT2D eigenvalue weighted by atomic mass is 10.1. The molecule has 24 heavy (non-hydrogen) atoms. The summed E-state index contributed by atoms with van der Waals surface area (Å²) in [6, 6.07) is 5.48. The monoisotopic (exact) mass is 332 g/mol. The minimum atomic E-state index is -2.65. The van der Waals surface area contributed by atoms with Crippen molar-refractivity contribution in [3.8, 4) is 17.0 Å². The number of aromatic nitrogens is 4. The van der Waals surface area contributed by atoms with E-state index in [1.165, 1.54) is 0 Å². The van der Waals surface area contributed by atoms with E-state index in [0.29, 0.717) is 5.75 Å². The van der Waals surface area contributed by atoms with Crippen LogP contribution in [0.5, 0.6) is 5.75 Å². The first-order valence-electron chi connectivity index (χ1n) is 9.71. The highest BCUT2D eigenvalue weighted by molar-refractivity contribution is 5.93. The predicted molar refractivity (Wildman–Crippen MR) is 89.0 cm³/mol. The number of nitrogens with zero attached hydrogens (tertiary/aromatic N) is 3. The molecule has 1 aromatic carbocycles. The molecule has 3 heterocycles. The number of hydrogen-bond acceptors (Lipinski definition) is 5. The maximum Gasteiger partial charge on any atom is 0.120 e. The van der Waals surface area contributed by atoms with E-state index in [2.05, 4.69) is 15.3 Å². The Morgan fingerprint density at radius 2 is 2.33 bits per heavy atom. The summed E-state index contributed by atoms with van der Waals surface area (Å²) in [5, 5.41) is 12.5. The van der Waals surface area contributed by atoms with Gasteiger partial charge < -0.3 is 14.2 Å². The Bertz CT molecular complexity index is 988. The van der Waals surface area contributed by atoms with Crippen LogP contribution in [0, 0.1) is 0 Å². The minimum Gasteiger partial charge on any atom is -0.491 e. The molecule has 0 fully saturated rings. The standard InChI is InChI=1S/C17H20N4O3/c1-12-11-24-14-2-3-16-15(8-14)17(20-19-16)13-9-18-21(10-13)4-5-22-6-7-23-12/h2-3,8-10,12H,4-7,11H2,1H3,(H,19,20)/t12-/m0/s1/i6D2,7D2. The molecule has 1 aliphatic heterocycles. The molecule has 3 aromatic rings. The predicted octanol–water partition coefficient (Wildman–Crippen LogP) is 2.24. The molecule has 0 saturated carbocycles. The summed E-state index contributed by atoms with van der Waals surface area (Å²) in [4.78, 5) is 0. The van der Waals surface area contributed by atoms with Crippen molar-refractivity contribution < 1.29 is 19.7 Å². The van der Waals surface area contributed by atoms with Crippen LogP contribution in [0.15, 0.2) is 30.6 Å². The third-order valence-corrected chi connectivity index (χ3v) is 3.72. The maximum atomic E-state index is 7.94. The highest BCUT2D eigenvalue weighted by Crippen LogP contribution is 2.29. The zero-order valence-electron chi connectivity index (χ0n) is 17.2. The van der Waals surface area contributed by atoms with Crippen molar-refractivity contribution in [1.29, 1.82) is 0 Å². The van der Waals surface area contributed by atoms with E-state index in [4.69, 9.17) is 19.7 Å². The highest BCUT2D eigenvalue weighted by atomic mass is 16.5. The fraction of sp³-hybridized carbons (Fsp3) is 0.412. The van der Waals surface area contributed by atoms with Crippen molar-refractivity contribution in [2.24, 2.45) is 0 Å². The van der Waals surface area contributed by atoms with Gasteiger partial charge in [0.25, 0.3) is 0 Å². The zero-order chi connectivity index (χ0) is 19.9. The Morgan fingerprint density at radius 3 is 3.29 bits per heavy atom. The lowest BCUT2D eigenvalue weighted by Crippen LogP contribution is -2.21. The summed E-state index contributed by atoms with van der Waals surface area (Å²) in [5.41, 5.74) is 2.38. The molecule has 1 atom stereocenters. The number of rotatable bonds is 0. The van der Waals surface area contributed by atoms with Gasteiger partial charge in [-0.2, -0.15) is 10.2 Å². The van der Waals surface area contributed by atoms with Gasteiger partial charge in [-0.15, -0.1) is 0 Å². The van der Waals surface area contributed by atoms with E-state index in [9.17, 15) is 0 Å². The molecule has 0 aliphatic carbocycles. The Labute approximate surface area is 145 Å². The SMILES string of the molecule is [2H]C1([2H])OCCn2cc(cn2)-c2n[nH]c3ccc(cc23)OC[C@H](C)OC1([2H])[2H]. The highest BCUT2D eigenvalue weighted by Gasteiger charge is 2.12. The number of nitrogens with one attached hydrogen (secondary N) is 1. The summed E-state index contributed by atoms with van der Waals surface area (Å²) in [5.74, 6) is 0.574. The molecular formula is C17H20N4O3. The Balaban J connectivity index is 1.71. The molecule has 0 unspecified atom stereocenters. The largest absolute Gasteiger partial charge is 0.491 e. The molecule has 0 spiro atoms. The Kier molecular flexibility index (Phi) is 3.10. The number of benzene rings is 1. The van der Waals surface area contributed by atoms with Crippen LogP contribution in [-0.2, 0) is 16.0 Å². The second-order valence-electron chi connectivity index (χ2n) is 5.56. The number of aromatic amines is 1. The molecule has 126 valence electrons. The molecule has 4 rings (SSSR count). The van der Waals surface area contributed by atoms with Gasteiger partial charge in [0.05, 0.1) is 49.6 Å². The third-order valence-electron chi connectivity index (χ3n) is 3.72. The number of H-pyrrole nitrogens is 1. The molecule has 4 bridgehead atoms. The van der Waals surface area contributed by atoms with Crippen molar-refractivity contribution in [2.45, 2.75) is 19.6 Å². The minimum absolute atomic E-state index is 0.0478. The van der Waals surface area contributed by atoms with E-state index in [0.717, 1.165) is 22.2 Å². The van der Waals surface area contributed by atoms with Crippen LogP contribution in [0.1, 0.15) is 12.4 Å². The van der Waals surface area contributed by atoms with Crippen LogP contribution >= 0.6 is 0 Å². The van der Waals surface area contributed by atoms with Gasteiger partial charge in [-0.05, 0) is 25.1 Å². The first-order valence-corrected chi connectivity index (χ1v) is 7.71. The lowest BCUT2D eigenvalue weighted by Gasteiger charge is -2.14. The smallest absolute Gasteiger partial charge is 0.120 e. The quantitative estimate of drug-likeness (QED) is 0.683. The maximum absolute atomic E-state index is 7.94. The second kappa shape index (κ2) is 6.62. The average molecular weight is 332 g/mol. The summed E-state index contributed by atoms with van der Waals surface area (Å²) in [7, 11) is 0. The third kappa shape index (κ3) is 3.13. The van der Waals surface area contributed by atoms with Crippen molar-refractivity contribution in [1.82, 2.24) is 20.0 Å². The first-order chi connectivity index (χ1) is 13.2. The number of fused-ring (bicyclic) bond motifs is 4. The van der Waals surface area contributed by atoms with E-state index < -0.39 is 19.2 Å². The molecular weight excluding hydrogens is 308 g/mol. The summed E-state index contributed by atoms with van der Waals surface area (Å²) < 4.78 is 49.5. The van der Waals surface area contributed by atoms with Gasteiger partial charge >= 0.3 is 0 Å². The molecule has 7 heteroatoms. The first kappa shape index (κ1) is 11.2. The van der Waals surface area contributed by atoms with Crippen LogP contribution in [-0.4, -0.2) is 52.4 Å². The van der Waals surface area contributed by atoms with Gasteiger partial charge in [0.15, 0.2) is 0 Å². The fourth-order valence-corrected chi connectivity index (χ4v) is 2.50. The Morgan fingerprint density at radius 1 is 1.38 bits per heavy atom. The lowest BCUT2D eigenvalue weighted by molar-refractivity contribution is -0.00730.